The molecular weight excluding hydrogens is 440 g/mol. The monoisotopic (exact) mass is 478 g/mol. The van der Waals surface area contributed by atoms with Gasteiger partial charge in [-0.2, -0.15) is 0 Å². The van der Waals surface area contributed by atoms with Crippen LogP contribution in [0, 0.1) is 11.8 Å². The zero-order valence-corrected chi connectivity index (χ0v) is 20.9. The van der Waals surface area contributed by atoms with Gasteiger partial charge < -0.3 is 19.6 Å². The molecular formula is C25H38N2O5S. The minimum absolute atomic E-state index is 0.000559. The third-order valence-corrected chi connectivity index (χ3v) is 9.35. The molecule has 2 amide bonds. The summed E-state index contributed by atoms with van der Waals surface area (Å²) in [6, 6.07) is -1.23. The third-order valence-electron chi connectivity index (χ3n) is 7.40. The summed E-state index contributed by atoms with van der Waals surface area (Å²) in [5.74, 6) is -1.85. The first-order chi connectivity index (χ1) is 15.8. The predicted molar refractivity (Wildman–Crippen MR) is 130 cm³/mol. The van der Waals surface area contributed by atoms with Crippen molar-refractivity contribution in [1.29, 1.82) is 0 Å². The van der Waals surface area contributed by atoms with E-state index in [0.717, 1.165) is 19.3 Å². The topological polar surface area (TPSA) is 87.2 Å². The summed E-state index contributed by atoms with van der Waals surface area (Å²) in [7, 11) is 0. The van der Waals surface area contributed by atoms with E-state index in [1.54, 1.807) is 35.7 Å². The van der Waals surface area contributed by atoms with Gasteiger partial charge in [0.1, 0.15) is 6.04 Å². The predicted octanol–water partition coefficient (Wildman–Crippen LogP) is 2.78. The molecule has 3 rings (SSSR count). The first-order valence-electron chi connectivity index (χ1n) is 12.1. The lowest BCUT2D eigenvalue weighted by Crippen LogP contribution is -2.58. The second-order valence-electron chi connectivity index (χ2n) is 9.49. The molecule has 3 aliphatic rings. The molecule has 0 saturated carbocycles. The minimum atomic E-state index is -0.711. The van der Waals surface area contributed by atoms with E-state index < -0.39 is 28.7 Å². The highest BCUT2D eigenvalue weighted by Crippen LogP contribution is 2.66. The summed E-state index contributed by atoms with van der Waals surface area (Å²) in [5.41, 5.74) is 0. The zero-order chi connectivity index (χ0) is 24.3. The van der Waals surface area contributed by atoms with Crippen LogP contribution in [0.1, 0.15) is 52.9 Å². The smallest absolute Gasteiger partial charge is 0.310 e. The van der Waals surface area contributed by atoms with E-state index in [4.69, 9.17) is 4.74 Å². The number of aliphatic hydroxyl groups is 1. The summed E-state index contributed by atoms with van der Waals surface area (Å²) >= 11 is 1.62. The van der Waals surface area contributed by atoms with Crippen LogP contribution in [0.5, 0.6) is 0 Å². The Morgan fingerprint density at radius 1 is 1.36 bits per heavy atom. The van der Waals surface area contributed by atoms with Crippen molar-refractivity contribution in [3.63, 3.8) is 0 Å². The lowest BCUT2D eigenvalue weighted by atomic mass is 9.71. The molecule has 3 heterocycles. The number of thioether (sulfide) groups is 1. The van der Waals surface area contributed by atoms with E-state index >= 15 is 0 Å². The molecule has 2 bridgehead atoms. The second-order valence-corrected chi connectivity index (χ2v) is 11.1. The van der Waals surface area contributed by atoms with Crippen LogP contribution >= 0.6 is 11.8 Å². The van der Waals surface area contributed by atoms with Gasteiger partial charge in [0, 0.05) is 17.8 Å². The number of likely N-dealkylation sites (tertiary alicyclic amines) is 1. The molecule has 3 saturated heterocycles. The van der Waals surface area contributed by atoms with Gasteiger partial charge in [-0.15, -0.1) is 24.9 Å². The van der Waals surface area contributed by atoms with Crippen LogP contribution in [-0.4, -0.2) is 80.6 Å². The maximum Gasteiger partial charge on any atom is 0.310 e. The van der Waals surface area contributed by atoms with Crippen molar-refractivity contribution >= 4 is 29.5 Å². The number of hydrogen-bond acceptors (Lipinski definition) is 6. The highest BCUT2D eigenvalue weighted by molar-refractivity contribution is 8.02. The summed E-state index contributed by atoms with van der Waals surface area (Å²) in [6.45, 7) is 13.7. The first-order valence-corrected chi connectivity index (χ1v) is 13.0. The molecule has 1 N–H and O–H groups in total. The zero-order valence-electron chi connectivity index (χ0n) is 20.1. The standard InChI is InChI=1S/C25H38N2O5S/c1-6-9-14-32-24(31)19-18-11-12-25(33-18)20(19)22(29)27(17(5)15-28)21(25)23(30)26(13-8-3)16(4)10-7-2/h6,8,16-21,28H,1,3,7,9-15H2,2,4-5H3/t16?,17-,18+,19-,20+,21?,25?/m1/s1. The summed E-state index contributed by atoms with van der Waals surface area (Å²) in [5, 5.41) is 9.92. The normalized spacial score (nSPS) is 31.8. The van der Waals surface area contributed by atoms with Crippen LogP contribution in [0.3, 0.4) is 0 Å². The van der Waals surface area contributed by atoms with Gasteiger partial charge >= 0.3 is 5.97 Å². The molecule has 0 radical (unpaired) electrons. The number of rotatable bonds is 12. The van der Waals surface area contributed by atoms with E-state index in [0.29, 0.717) is 19.4 Å². The Kier molecular flexibility index (Phi) is 8.32. The number of carbonyl (C=O) groups is 3. The number of fused-ring (bicyclic) bond motifs is 1. The van der Waals surface area contributed by atoms with E-state index in [-0.39, 0.29) is 42.3 Å². The molecule has 3 unspecified atom stereocenters. The van der Waals surface area contributed by atoms with Crippen molar-refractivity contribution in [1.82, 2.24) is 9.80 Å². The van der Waals surface area contributed by atoms with Gasteiger partial charge in [0.25, 0.3) is 0 Å². The molecule has 7 atom stereocenters. The van der Waals surface area contributed by atoms with Crippen LogP contribution < -0.4 is 0 Å². The molecule has 0 aliphatic carbocycles. The molecule has 33 heavy (non-hydrogen) atoms. The molecule has 0 aromatic carbocycles. The molecule has 184 valence electrons. The molecule has 7 nitrogen and oxygen atoms in total. The average molecular weight is 479 g/mol. The number of aliphatic hydroxyl groups excluding tert-OH is 1. The van der Waals surface area contributed by atoms with Gasteiger partial charge in [-0.3, -0.25) is 14.4 Å². The van der Waals surface area contributed by atoms with Crippen LogP contribution in [0.15, 0.2) is 25.3 Å². The van der Waals surface area contributed by atoms with Crippen LogP contribution in [-0.2, 0) is 19.1 Å². The van der Waals surface area contributed by atoms with Gasteiger partial charge in [-0.25, -0.2) is 0 Å². The number of carbonyl (C=O) groups excluding carboxylic acids is 3. The van der Waals surface area contributed by atoms with Crippen molar-refractivity contribution in [2.75, 3.05) is 19.8 Å². The second kappa shape index (κ2) is 10.6. The maximum absolute atomic E-state index is 14.1. The molecule has 1 spiro atoms. The molecule has 3 aliphatic heterocycles. The lowest BCUT2D eigenvalue weighted by Gasteiger charge is -2.40. The van der Waals surface area contributed by atoms with E-state index in [1.807, 2.05) is 11.8 Å². The summed E-state index contributed by atoms with van der Waals surface area (Å²) < 4.78 is 4.82. The van der Waals surface area contributed by atoms with Crippen molar-refractivity contribution in [3.8, 4) is 0 Å². The minimum Gasteiger partial charge on any atom is -0.465 e. The van der Waals surface area contributed by atoms with Crippen molar-refractivity contribution in [2.45, 2.75) is 81.0 Å². The fourth-order valence-corrected chi connectivity index (χ4v) is 8.08. The van der Waals surface area contributed by atoms with Gasteiger partial charge in [-0.1, -0.05) is 25.5 Å². The number of nitrogens with zero attached hydrogens (tertiary/aromatic N) is 2. The van der Waals surface area contributed by atoms with Crippen LogP contribution in [0.2, 0.25) is 0 Å². The third kappa shape index (κ3) is 4.36. The van der Waals surface area contributed by atoms with Crippen molar-refractivity contribution < 1.29 is 24.2 Å². The van der Waals surface area contributed by atoms with Gasteiger partial charge in [0.2, 0.25) is 11.8 Å². The highest BCUT2D eigenvalue weighted by Gasteiger charge is 2.74. The average Bonchev–Trinajstić information content (AvgIpc) is 3.44. The van der Waals surface area contributed by atoms with Crippen molar-refractivity contribution in [3.05, 3.63) is 25.3 Å². The molecule has 0 aromatic heterocycles. The van der Waals surface area contributed by atoms with Crippen LogP contribution in [0.25, 0.3) is 0 Å². The summed E-state index contributed by atoms with van der Waals surface area (Å²) in [6.07, 6.45) is 7.22. The first kappa shape index (κ1) is 25.8. The number of hydrogen-bond donors (Lipinski definition) is 1. The Morgan fingerprint density at radius 3 is 2.70 bits per heavy atom. The Balaban J connectivity index is 2.00. The Labute approximate surface area is 201 Å². The number of esters is 1. The molecule has 3 fully saturated rings. The lowest BCUT2D eigenvalue weighted by molar-refractivity contribution is -0.154. The number of ether oxygens (including phenoxy) is 1. The maximum atomic E-state index is 14.1. The van der Waals surface area contributed by atoms with Gasteiger partial charge in [0.05, 0.1) is 35.8 Å². The SMILES string of the molecule is C=CCCOC(=O)[C@@H]1[C@@H]2CCC3(S2)C(C(=O)N(CC=C)C(C)CCC)N([C@H](C)CO)C(=O)[C@H]13. The van der Waals surface area contributed by atoms with Gasteiger partial charge in [0.15, 0.2) is 0 Å². The van der Waals surface area contributed by atoms with Crippen LogP contribution in [0.4, 0.5) is 0 Å². The Morgan fingerprint density at radius 2 is 2.09 bits per heavy atom. The molecule has 0 aromatic rings. The number of amides is 2. The fraction of sp³-hybridized carbons (Fsp3) is 0.720. The van der Waals surface area contributed by atoms with E-state index in [2.05, 4.69) is 20.1 Å². The van der Waals surface area contributed by atoms with Gasteiger partial charge in [-0.05, 0) is 39.5 Å². The van der Waals surface area contributed by atoms with E-state index in [1.165, 1.54) is 0 Å². The highest BCUT2D eigenvalue weighted by atomic mass is 32.2. The molecule has 8 heteroatoms. The Hall–Kier alpha value is -1.80. The fourth-order valence-electron chi connectivity index (χ4n) is 5.90. The van der Waals surface area contributed by atoms with E-state index in [9.17, 15) is 19.5 Å². The van der Waals surface area contributed by atoms with Crippen molar-refractivity contribution in [2.24, 2.45) is 11.8 Å². The largest absolute Gasteiger partial charge is 0.465 e. The quantitative estimate of drug-likeness (QED) is 0.264. The summed E-state index contributed by atoms with van der Waals surface area (Å²) in [4.78, 5) is 44.3. The Bertz CT molecular complexity index is 789.